The van der Waals surface area contributed by atoms with Gasteiger partial charge in [-0.05, 0) is 54.8 Å². The number of amides is 1. The van der Waals surface area contributed by atoms with Gasteiger partial charge in [0.05, 0.1) is 6.54 Å². The molecule has 0 radical (unpaired) electrons. The molecule has 0 aliphatic carbocycles. The highest BCUT2D eigenvalue weighted by Crippen LogP contribution is 2.14. The summed E-state index contributed by atoms with van der Waals surface area (Å²) in [6, 6.07) is 3.76. The van der Waals surface area contributed by atoms with Crippen molar-refractivity contribution in [2.45, 2.75) is 52.8 Å². The van der Waals surface area contributed by atoms with E-state index in [2.05, 4.69) is 40.4 Å². The van der Waals surface area contributed by atoms with Gasteiger partial charge < -0.3 is 19.8 Å². The summed E-state index contributed by atoms with van der Waals surface area (Å²) in [6.45, 7) is 10.9. The zero-order valence-corrected chi connectivity index (χ0v) is 14.9. The lowest BCUT2D eigenvalue weighted by atomic mass is 10.0. The number of halogens is 1. The second-order valence-electron chi connectivity index (χ2n) is 6.33. The number of furan rings is 1. The Kier molecular flexibility index (Phi) is 6.74. The second-order valence-corrected chi connectivity index (χ2v) is 7.12. The molecule has 1 heterocycles. The van der Waals surface area contributed by atoms with Crippen LogP contribution in [0.5, 0.6) is 0 Å². The van der Waals surface area contributed by atoms with Gasteiger partial charge in [0, 0.05) is 12.6 Å². The molecule has 0 bridgehead atoms. The molecule has 0 saturated heterocycles. The van der Waals surface area contributed by atoms with Crippen LogP contribution >= 0.6 is 15.9 Å². The normalized spacial score (nSPS) is 13.3. The number of nitrogens with one attached hydrogen (secondary N) is 2. The van der Waals surface area contributed by atoms with Gasteiger partial charge in [-0.2, -0.15) is 0 Å². The average Bonchev–Trinajstić information content (AvgIpc) is 2.71. The Morgan fingerprint density at radius 3 is 2.52 bits per heavy atom. The molecule has 21 heavy (non-hydrogen) atoms. The summed E-state index contributed by atoms with van der Waals surface area (Å²) in [5.41, 5.74) is -0.487. The first-order valence-electron chi connectivity index (χ1n) is 7.12. The zero-order chi connectivity index (χ0) is 16.0. The Bertz CT molecular complexity index is 452. The van der Waals surface area contributed by atoms with Crippen molar-refractivity contribution in [3.05, 3.63) is 22.6 Å². The van der Waals surface area contributed by atoms with Crippen LogP contribution in [0.1, 0.15) is 40.4 Å². The smallest absolute Gasteiger partial charge is 0.407 e. The highest BCUT2D eigenvalue weighted by molar-refractivity contribution is 9.10. The van der Waals surface area contributed by atoms with E-state index in [-0.39, 0.29) is 12.1 Å². The summed E-state index contributed by atoms with van der Waals surface area (Å²) in [5.74, 6) is 1.15. The van der Waals surface area contributed by atoms with Gasteiger partial charge in [-0.3, -0.25) is 0 Å². The summed E-state index contributed by atoms with van der Waals surface area (Å²) in [4.78, 5) is 11.8. The van der Waals surface area contributed by atoms with Crippen molar-refractivity contribution in [1.82, 2.24) is 10.6 Å². The van der Waals surface area contributed by atoms with E-state index in [1.165, 1.54) is 0 Å². The first-order valence-corrected chi connectivity index (χ1v) is 7.91. The second kappa shape index (κ2) is 7.84. The maximum absolute atomic E-state index is 11.8. The van der Waals surface area contributed by atoms with E-state index in [1.807, 2.05) is 32.9 Å². The minimum Gasteiger partial charge on any atom is -0.453 e. The molecule has 1 aromatic heterocycles. The number of hydrogen-bond donors (Lipinski definition) is 2. The number of ether oxygens (including phenoxy) is 1. The summed E-state index contributed by atoms with van der Waals surface area (Å²) in [5, 5.41) is 6.18. The van der Waals surface area contributed by atoms with Crippen molar-refractivity contribution in [1.29, 1.82) is 0 Å². The van der Waals surface area contributed by atoms with Crippen molar-refractivity contribution in [3.63, 3.8) is 0 Å². The number of alkyl carbamates (subject to hydrolysis) is 1. The zero-order valence-electron chi connectivity index (χ0n) is 13.3. The molecule has 5 nitrogen and oxygen atoms in total. The predicted octanol–water partition coefficient (Wildman–Crippen LogP) is 3.68. The molecule has 6 heteroatoms. The van der Waals surface area contributed by atoms with Crippen LogP contribution in [-0.4, -0.2) is 24.3 Å². The number of carbonyl (C=O) groups excluding carboxylic acids is 1. The molecule has 0 spiro atoms. The van der Waals surface area contributed by atoms with Crippen LogP contribution in [-0.2, 0) is 11.3 Å². The third kappa shape index (κ3) is 7.52. The Morgan fingerprint density at radius 2 is 2.05 bits per heavy atom. The van der Waals surface area contributed by atoms with Gasteiger partial charge in [0.2, 0.25) is 0 Å². The maximum Gasteiger partial charge on any atom is 0.407 e. The molecular formula is C15H25BrN2O3. The SMILES string of the molecule is CC(C)C(CNCc1ccc(Br)o1)NC(=O)OC(C)(C)C. The van der Waals surface area contributed by atoms with Crippen LogP contribution in [0, 0.1) is 5.92 Å². The molecule has 2 N–H and O–H groups in total. The van der Waals surface area contributed by atoms with Crippen molar-refractivity contribution < 1.29 is 13.9 Å². The van der Waals surface area contributed by atoms with Gasteiger partial charge in [0.1, 0.15) is 11.4 Å². The largest absolute Gasteiger partial charge is 0.453 e. The van der Waals surface area contributed by atoms with E-state index in [0.29, 0.717) is 23.7 Å². The van der Waals surface area contributed by atoms with Gasteiger partial charge in [-0.15, -0.1) is 0 Å². The molecule has 1 atom stereocenters. The third-order valence-electron chi connectivity index (χ3n) is 2.80. The summed E-state index contributed by atoms with van der Waals surface area (Å²) < 4.78 is 11.4. The average molecular weight is 361 g/mol. The van der Waals surface area contributed by atoms with Crippen molar-refractivity contribution in [2.24, 2.45) is 5.92 Å². The fraction of sp³-hybridized carbons (Fsp3) is 0.667. The maximum atomic E-state index is 11.8. The van der Waals surface area contributed by atoms with E-state index >= 15 is 0 Å². The molecule has 0 aromatic carbocycles. The quantitative estimate of drug-likeness (QED) is 0.811. The fourth-order valence-electron chi connectivity index (χ4n) is 1.71. The third-order valence-corrected chi connectivity index (χ3v) is 3.23. The van der Waals surface area contributed by atoms with Crippen molar-refractivity contribution >= 4 is 22.0 Å². The number of carbonyl (C=O) groups is 1. The van der Waals surface area contributed by atoms with E-state index in [9.17, 15) is 4.79 Å². The molecule has 0 fully saturated rings. The van der Waals surface area contributed by atoms with Crippen LogP contribution in [0.2, 0.25) is 0 Å². The van der Waals surface area contributed by atoms with Gasteiger partial charge in [-0.25, -0.2) is 4.79 Å². The summed E-state index contributed by atoms with van der Waals surface area (Å²) in [6.07, 6.45) is -0.385. The standard InChI is InChI=1S/C15H25BrN2O3/c1-10(2)12(18-14(19)21-15(3,4)5)9-17-8-11-6-7-13(16)20-11/h6-7,10,12,17H,8-9H2,1-5H3,(H,18,19). The van der Waals surface area contributed by atoms with Crippen LogP contribution < -0.4 is 10.6 Å². The van der Waals surface area contributed by atoms with Crippen LogP contribution in [0.3, 0.4) is 0 Å². The van der Waals surface area contributed by atoms with Crippen LogP contribution in [0.4, 0.5) is 4.79 Å². The minimum absolute atomic E-state index is 0.00162. The molecule has 0 aliphatic heterocycles. The van der Waals surface area contributed by atoms with E-state index < -0.39 is 5.60 Å². The van der Waals surface area contributed by atoms with Crippen LogP contribution in [0.15, 0.2) is 21.2 Å². The topological polar surface area (TPSA) is 63.5 Å². The minimum atomic E-state index is -0.487. The summed E-state index contributed by atoms with van der Waals surface area (Å²) in [7, 11) is 0. The lowest BCUT2D eigenvalue weighted by Crippen LogP contribution is -2.46. The van der Waals surface area contributed by atoms with Gasteiger partial charge >= 0.3 is 6.09 Å². The first-order chi connectivity index (χ1) is 9.67. The number of rotatable bonds is 6. The Hall–Kier alpha value is -1.01. The van der Waals surface area contributed by atoms with Crippen molar-refractivity contribution in [3.8, 4) is 0 Å². The Morgan fingerprint density at radius 1 is 1.38 bits per heavy atom. The molecule has 1 unspecified atom stereocenters. The molecular weight excluding hydrogens is 336 g/mol. The predicted molar refractivity (Wildman–Crippen MR) is 86.1 cm³/mol. The number of hydrogen-bond acceptors (Lipinski definition) is 4. The molecule has 120 valence electrons. The molecule has 0 saturated carbocycles. The van der Waals surface area contributed by atoms with E-state index in [1.54, 1.807) is 0 Å². The highest BCUT2D eigenvalue weighted by atomic mass is 79.9. The lowest BCUT2D eigenvalue weighted by molar-refractivity contribution is 0.0490. The van der Waals surface area contributed by atoms with E-state index in [0.717, 1.165) is 5.76 Å². The Balaban J connectivity index is 2.41. The fourth-order valence-corrected chi connectivity index (χ4v) is 2.05. The lowest BCUT2D eigenvalue weighted by Gasteiger charge is -2.26. The summed E-state index contributed by atoms with van der Waals surface area (Å²) >= 11 is 3.27. The molecule has 1 rings (SSSR count). The van der Waals surface area contributed by atoms with Crippen LogP contribution in [0.25, 0.3) is 0 Å². The molecule has 0 aliphatic rings. The molecule has 1 amide bonds. The monoisotopic (exact) mass is 360 g/mol. The first kappa shape index (κ1) is 18.0. The van der Waals surface area contributed by atoms with E-state index in [4.69, 9.17) is 9.15 Å². The molecule has 1 aromatic rings. The Labute approximate surface area is 134 Å². The highest BCUT2D eigenvalue weighted by Gasteiger charge is 2.21. The van der Waals surface area contributed by atoms with Gasteiger partial charge in [0.25, 0.3) is 0 Å². The van der Waals surface area contributed by atoms with Crippen molar-refractivity contribution in [2.75, 3.05) is 6.54 Å². The van der Waals surface area contributed by atoms with Gasteiger partial charge in [0.15, 0.2) is 4.67 Å². The van der Waals surface area contributed by atoms with Gasteiger partial charge in [-0.1, -0.05) is 13.8 Å².